The molecule has 0 saturated heterocycles. The van der Waals surface area contributed by atoms with E-state index < -0.39 is 22.4 Å². The summed E-state index contributed by atoms with van der Waals surface area (Å²) in [5.74, 6) is -2.90. The van der Waals surface area contributed by atoms with Gasteiger partial charge in [0.15, 0.2) is 5.76 Å². The van der Waals surface area contributed by atoms with Crippen LogP contribution in [0.2, 0.25) is 0 Å². The predicted octanol–water partition coefficient (Wildman–Crippen LogP) is 2.91. The fourth-order valence-electron chi connectivity index (χ4n) is 2.17. The number of nitrogens with zero attached hydrogens (tertiary/aromatic N) is 1. The third-order valence-electron chi connectivity index (χ3n) is 3.40. The van der Waals surface area contributed by atoms with Crippen molar-refractivity contribution in [1.82, 2.24) is 0 Å². The molecule has 0 atom stereocenters. The Morgan fingerprint density at radius 2 is 1.90 bits per heavy atom. The molecule has 0 amide bonds. The Morgan fingerprint density at radius 3 is 2.43 bits per heavy atom. The number of nitro groups is 1. The van der Waals surface area contributed by atoms with Crippen molar-refractivity contribution in [2.45, 2.75) is 32.5 Å². The van der Waals surface area contributed by atoms with Crippen LogP contribution in [0.15, 0.2) is 30.0 Å². The Balaban J connectivity index is 2.57. The molecule has 21 heavy (non-hydrogen) atoms. The van der Waals surface area contributed by atoms with E-state index in [1.165, 1.54) is 18.2 Å². The Morgan fingerprint density at radius 1 is 1.29 bits per heavy atom. The van der Waals surface area contributed by atoms with Crippen molar-refractivity contribution in [2.24, 2.45) is 0 Å². The van der Waals surface area contributed by atoms with Crippen LogP contribution in [0.5, 0.6) is 0 Å². The SMILES string of the molecule is CCC1(CC)OC(C(=O)O)=C(c2ccccc2[N+](=O)[O-])O1. The molecule has 1 heterocycles. The lowest BCUT2D eigenvalue weighted by molar-refractivity contribution is -0.385. The van der Waals surface area contributed by atoms with Crippen LogP contribution in [0.4, 0.5) is 5.69 Å². The lowest BCUT2D eigenvalue weighted by Crippen LogP contribution is -2.29. The van der Waals surface area contributed by atoms with Crippen molar-refractivity contribution in [3.63, 3.8) is 0 Å². The number of carbonyl (C=O) groups is 1. The zero-order chi connectivity index (χ0) is 15.6. The van der Waals surface area contributed by atoms with Crippen LogP contribution in [0.3, 0.4) is 0 Å². The van der Waals surface area contributed by atoms with E-state index in [-0.39, 0.29) is 17.0 Å². The molecule has 0 aliphatic carbocycles. The van der Waals surface area contributed by atoms with Crippen molar-refractivity contribution >= 4 is 17.4 Å². The van der Waals surface area contributed by atoms with Crippen LogP contribution in [-0.4, -0.2) is 21.8 Å². The van der Waals surface area contributed by atoms with E-state index in [1.54, 1.807) is 19.9 Å². The van der Waals surface area contributed by atoms with Gasteiger partial charge in [-0.05, 0) is 6.07 Å². The second-order valence-corrected chi connectivity index (χ2v) is 4.56. The number of para-hydroxylation sites is 1. The molecule has 0 saturated carbocycles. The summed E-state index contributed by atoms with van der Waals surface area (Å²) in [5, 5.41) is 20.4. The molecule has 7 heteroatoms. The first kappa shape index (κ1) is 14.8. The van der Waals surface area contributed by atoms with Gasteiger partial charge in [-0.3, -0.25) is 10.1 Å². The summed E-state index contributed by atoms with van der Waals surface area (Å²) in [4.78, 5) is 21.9. The van der Waals surface area contributed by atoms with Crippen molar-refractivity contribution in [3.05, 3.63) is 45.7 Å². The second-order valence-electron chi connectivity index (χ2n) is 4.56. The number of rotatable bonds is 5. The highest BCUT2D eigenvalue weighted by atomic mass is 16.7. The van der Waals surface area contributed by atoms with Gasteiger partial charge < -0.3 is 14.6 Å². The van der Waals surface area contributed by atoms with Crippen molar-refractivity contribution in [2.75, 3.05) is 0 Å². The third-order valence-corrected chi connectivity index (χ3v) is 3.40. The molecule has 0 bridgehead atoms. The topological polar surface area (TPSA) is 98.9 Å². The molecule has 0 unspecified atom stereocenters. The Labute approximate surface area is 120 Å². The number of ether oxygens (including phenoxy) is 2. The first-order chi connectivity index (χ1) is 9.94. The summed E-state index contributed by atoms with van der Waals surface area (Å²) < 4.78 is 11.1. The standard InChI is InChI=1S/C14H15NO6/c1-3-14(4-2)20-11(12(21-14)13(16)17)9-7-5-6-8-10(9)15(18)19/h5-8H,3-4H2,1-2H3,(H,16,17). The van der Waals surface area contributed by atoms with Crippen LogP contribution in [0.1, 0.15) is 32.3 Å². The highest BCUT2D eigenvalue weighted by molar-refractivity contribution is 5.94. The average Bonchev–Trinajstić information content (AvgIpc) is 2.88. The molecule has 112 valence electrons. The predicted molar refractivity (Wildman–Crippen MR) is 73.1 cm³/mol. The van der Waals surface area contributed by atoms with Gasteiger partial charge in [0.1, 0.15) is 0 Å². The summed E-state index contributed by atoms with van der Waals surface area (Å²) in [6.07, 6.45) is 0.842. The van der Waals surface area contributed by atoms with Crippen LogP contribution in [0.25, 0.3) is 5.76 Å². The molecule has 1 aliphatic rings. The number of carboxylic acids is 1. The number of carboxylic acid groups (broad SMARTS) is 1. The first-order valence-electron chi connectivity index (χ1n) is 6.53. The summed E-state index contributed by atoms with van der Waals surface area (Å²) >= 11 is 0. The quantitative estimate of drug-likeness (QED) is 0.662. The number of hydrogen-bond donors (Lipinski definition) is 1. The molecule has 0 radical (unpaired) electrons. The summed E-state index contributed by atoms with van der Waals surface area (Å²) in [6, 6.07) is 5.83. The Bertz CT molecular complexity index is 618. The lowest BCUT2D eigenvalue weighted by atomic mass is 10.1. The number of aliphatic carboxylic acids is 1. The van der Waals surface area contributed by atoms with Gasteiger partial charge in [-0.25, -0.2) is 4.79 Å². The molecular weight excluding hydrogens is 278 g/mol. The van der Waals surface area contributed by atoms with Gasteiger partial charge in [0.05, 0.1) is 10.5 Å². The zero-order valence-electron chi connectivity index (χ0n) is 11.7. The van der Waals surface area contributed by atoms with Crippen molar-refractivity contribution in [3.8, 4) is 0 Å². The minimum Gasteiger partial charge on any atom is -0.475 e. The van der Waals surface area contributed by atoms with Gasteiger partial charge in [0.2, 0.25) is 0 Å². The van der Waals surface area contributed by atoms with E-state index in [9.17, 15) is 20.0 Å². The highest BCUT2D eigenvalue weighted by Crippen LogP contribution is 2.42. The largest absolute Gasteiger partial charge is 0.475 e. The van der Waals surface area contributed by atoms with Gasteiger partial charge in [0.25, 0.3) is 17.2 Å². The smallest absolute Gasteiger partial charge is 0.375 e. The Hall–Kier alpha value is -2.57. The van der Waals surface area contributed by atoms with Crippen LogP contribution >= 0.6 is 0 Å². The van der Waals surface area contributed by atoms with Crippen molar-refractivity contribution in [1.29, 1.82) is 0 Å². The molecule has 1 N–H and O–H groups in total. The molecule has 0 aromatic heterocycles. The van der Waals surface area contributed by atoms with Crippen LogP contribution < -0.4 is 0 Å². The summed E-state index contributed by atoms with van der Waals surface area (Å²) in [5.41, 5.74) is -0.124. The molecule has 7 nitrogen and oxygen atoms in total. The van der Waals surface area contributed by atoms with Gasteiger partial charge in [-0.2, -0.15) is 0 Å². The molecule has 0 fully saturated rings. The average molecular weight is 293 g/mol. The minimum atomic E-state index is -1.31. The minimum absolute atomic E-state index is 0.0986. The van der Waals surface area contributed by atoms with Gasteiger partial charge >= 0.3 is 5.97 Å². The number of hydrogen-bond acceptors (Lipinski definition) is 5. The summed E-state index contributed by atoms with van der Waals surface area (Å²) in [6.45, 7) is 3.59. The fraction of sp³-hybridized carbons (Fsp3) is 0.357. The van der Waals surface area contributed by atoms with E-state index >= 15 is 0 Å². The molecular formula is C14H15NO6. The van der Waals surface area contributed by atoms with Crippen LogP contribution in [-0.2, 0) is 14.3 Å². The monoisotopic (exact) mass is 293 g/mol. The lowest BCUT2D eigenvalue weighted by Gasteiger charge is -2.25. The molecule has 1 aromatic rings. The van der Waals surface area contributed by atoms with Crippen LogP contribution in [0, 0.1) is 10.1 Å². The second kappa shape index (κ2) is 5.43. The van der Waals surface area contributed by atoms with E-state index in [1.807, 2.05) is 0 Å². The molecule has 0 spiro atoms. The van der Waals surface area contributed by atoms with Gasteiger partial charge in [-0.1, -0.05) is 26.0 Å². The third kappa shape index (κ3) is 2.54. The fourth-order valence-corrected chi connectivity index (χ4v) is 2.17. The van der Waals surface area contributed by atoms with Gasteiger partial charge in [0, 0.05) is 18.9 Å². The van der Waals surface area contributed by atoms with E-state index in [4.69, 9.17) is 9.47 Å². The molecule has 2 rings (SSSR count). The maximum Gasteiger partial charge on any atom is 0.375 e. The first-order valence-corrected chi connectivity index (χ1v) is 6.53. The summed E-state index contributed by atoms with van der Waals surface area (Å²) in [7, 11) is 0. The zero-order valence-corrected chi connectivity index (χ0v) is 11.7. The van der Waals surface area contributed by atoms with E-state index in [0.717, 1.165) is 0 Å². The van der Waals surface area contributed by atoms with E-state index in [0.29, 0.717) is 12.8 Å². The van der Waals surface area contributed by atoms with Crippen molar-refractivity contribution < 1.29 is 24.3 Å². The maximum atomic E-state index is 11.4. The number of nitro benzene ring substituents is 1. The highest BCUT2D eigenvalue weighted by Gasteiger charge is 2.44. The van der Waals surface area contributed by atoms with Gasteiger partial charge in [-0.15, -0.1) is 0 Å². The molecule has 1 aliphatic heterocycles. The maximum absolute atomic E-state index is 11.4. The van der Waals surface area contributed by atoms with E-state index in [2.05, 4.69) is 0 Å². The number of benzene rings is 1. The Kier molecular flexibility index (Phi) is 3.84. The molecule has 1 aromatic carbocycles. The normalized spacial score (nSPS) is 16.3.